The van der Waals surface area contributed by atoms with Crippen LogP contribution < -0.4 is 5.32 Å². The van der Waals surface area contributed by atoms with Gasteiger partial charge < -0.3 is 10.1 Å². The lowest BCUT2D eigenvalue weighted by atomic mass is 10.2. The molecule has 0 aliphatic rings. The predicted octanol–water partition coefficient (Wildman–Crippen LogP) is 4.30. The van der Waals surface area contributed by atoms with Crippen LogP contribution in [0.1, 0.15) is 12.0 Å². The number of nitrogens with zero attached hydrogens (tertiary/aromatic N) is 2. The van der Waals surface area contributed by atoms with Gasteiger partial charge in [-0.1, -0.05) is 42.1 Å². The topological polar surface area (TPSA) is 73.2 Å². The van der Waals surface area contributed by atoms with Crippen molar-refractivity contribution in [2.75, 3.05) is 11.9 Å². The van der Waals surface area contributed by atoms with Crippen LogP contribution in [0, 0.1) is 0 Å². The highest BCUT2D eigenvalue weighted by Gasteiger charge is 2.13. The normalized spacial score (nSPS) is 10.8. The van der Waals surface area contributed by atoms with Gasteiger partial charge in [0.05, 0.1) is 17.6 Å². The number of ether oxygens (including phenoxy) is 1. The molecule has 0 fully saturated rings. The van der Waals surface area contributed by atoms with Crippen LogP contribution in [-0.4, -0.2) is 34.0 Å². The molecule has 156 valence electrons. The van der Waals surface area contributed by atoms with Gasteiger partial charge in [0, 0.05) is 17.5 Å². The molecular formula is C21H19F2N3O3S. The zero-order chi connectivity index (χ0) is 21.3. The van der Waals surface area contributed by atoms with Gasteiger partial charge >= 0.3 is 5.97 Å². The van der Waals surface area contributed by atoms with Gasteiger partial charge in [0.15, 0.2) is 6.61 Å². The second-order valence-corrected chi connectivity index (χ2v) is 7.24. The maximum atomic E-state index is 12.6. The molecule has 1 aromatic heterocycles. The second kappa shape index (κ2) is 10.5. The lowest BCUT2D eigenvalue weighted by Crippen LogP contribution is -2.21. The number of amides is 1. The summed E-state index contributed by atoms with van der Waals surface area (Å²) in [5, 5.41) is 6.74. The molecule has 0 radical (unpaired) electrons. The summed E-state index contributed by atoms with van der Waals surface area (Å²) in [5.74, 6) is -3.73. The highest BCUT2D eigenvalue weighted by Crippen LogP contribution is 2.31. The summed E-state index contributed by atoms with van der Waals surface area (Å²) in [4.78, 5) is 24.2. The fraction of sp³-hybridized carbons (Fsp3) is 0.190. The Balaban J connectivity index is 1.44. The van der Waals surface area contributed by atoms with E-state index in [1.54, 1.807) is 23.0 Å². The Labute approximate surface area is 176 Å². The third-order valence-corrected chi connectivity index (χ3v) is 4.80. The second-order valence-electron chi connectivity index (χ2n) is 6.21. The molecule has 0 aliphatic carbocycles. The number of alkyl halides is 2. The average molecular weight is 431 g/mol. The highest BCUT2D eigenvalue weighted by atomic mass is 32.2. The predicted molar refractivity (Wildman–Crippen MR) is 110 cm³/mol. The zero-order valence-electron chi connectivity index (χ0n) is 15.8. The molecule has 1 N–H and O–H groups in total. The molecule has 0 bridgehead atoms. The third-order valence-electron chi connectivity index (χ3n) is 4.02. The van der Waals surface area contributed by atoms with Crippen LogP contribution in [0.4, 0.5) is 14.5 Å². The van der Waals surface area contributed by atoms with E-state index in [0.717, 1.165) is 11.3 Å². The van der Waals surface area contributed by atoms with E-state index >= 15 is 0 Å². The van der Waals surface area contributed by atoms with Gasteiger partial charge in [-0.05, 0) is 36.2 Å². The molecule has 0 aliphatic heterocycles. The number of thioether (sulfide) groups is 1. The minimum atomic E-state index is -2.60. The van der Waals surface area contributed by atoms with Gasteiger partial charge in [-0.25, -0.2) is 4.68 Å². The molecular weight excluding hydrogens is 412 g/mol. The van der Waals surface area contributed by atoms with Crippen molar-refractivity contribution in [1.29, 1.82) is 0 Å². The minimum absolute atomic E-state index is 0.0889. The first kappa shape index (κ1) is 21.5. The number of aryl methyl sites for hydroxylation is 1. The van der Waals surface area contributed by atoms with Gasteiger partial charge in [0.1, 0.15) is 0 Å². The number of esters is 1. The van der Waals surface area contributed by atoms with Crippen LogP contribution in [0.25, 0.3) is 5.69 Å². The molecule has 0 spiro atoms. The quantitative estimate of drug-likeness (QED) is 0.404. The van der Waals surface area contributed by atoms with E-state index in [2.05, 4.69) is 10.4 Å². The maximum absolute atomic E-state index is 12.6. The SMILES string of the molecule is O=C(COC(=O)CCc1cnn(-c2ccccc2)c1)Nc1ccccc1SC(F)F. The molecule has 6 nitrogen and oxygen atoms in total. The molecule has 2 aromatic carbocycles. The van der Waals surface area contributed by atoms with Gasteiger partial charge in [-0.3, -0.25) is 9.59 Å². The monoisotopic (exact) mass is 431 g/mol. The Morgan fingerprint density at radius 2 is 1.83 bits per heavy atom. The number of hydrogen-bond acceptors (Lipinski definition) is 5. The van der Waals surface area contributed by atoms with E-state index < -0.39 is 24.2 Å². The van der Waals surface area contributed by atoms with E-state index in [9.17, 15) is 18.4 Å². The fourth-order valence-electron chi connectivity index (χ4n) is 2.63. The first-order chi connectivity index (χ1) is 14.5. The number of anilines is 1. The molecule has 3 aromatic rings. The number of benzene rings is 2. The van der Waals surface area contributed by atoms with Crippen molar-refractivity contribution in [3.63, 3.8) is 0 Å². The van der Waals surface area contributed by atoms with Crippen molar-refractivity contribution in [3.8, 4) is 5.69 Å². The smallest absolute Gasteiger partial charge is 0.306 e. The summed E-state index contributed by atoms with van der Waals surface area (Å²) in [6.07, 6.45) is 4.00. The molecule has 3 rings (SSSR count). The van der Waals surface area contributed by atoms with Crippen LogP contribution in [0.2, 0.25) is 0 Å². The first-order valence-electron chi connectivity index (χ1n) is 9.09. The third kappa shape index (κ3) is 6.41. The molecule has 30 heavy (non-hydrogen) atoms. The van der Waals surface area contributed by atoms with Gasteiger partial charge in [-0.2, -0.15) is 13.9 Å². The Morgan fingerprint density at radius 1 is 1.10 bits per heavy atom. The van der Waals surface area contributed by atoms with Crippen LogP contribution in [0.15, 0.2) is 71.9 Å². The highest BCUT2D eigenvalue weighted by molar-refractivity contribution is 7.99. The summed E-state index contributed by atoms with van der Waals surface area (Å²) in [6, 6.07) is 15.8. The number of carbonyl (C=O) groups is 2. The summed E-state index contributed by atoms with van der Waals surface area (Å²) in [5.41, 5.74) is 2.02. The van der Waals surface area contributed by atoms with E-state index in [0.29, 0.717) is 18.2 Å². The number of hydrogen-bond donors (Lipinski definition) is 1. The lowest BCUT2D eigenvalue weighted by Gasteiger charge is -2.10. The van der Waals surface area contributed by atoms with Crippen molar-refractivity contribution in [3.05, 3.63) is 72.6 Å². The largest absolute Gasteiger partial charge is 0.456 e. The van der Waals surface area contributed by atoms with Crippen LogP contribution in [0.3, 0.4) is 0 Å². The molecule has 1 heterocycles. The van der Waals surface area contributed by atoms with Gasteiger partial charge in [0.25, 0.3) is 11.7 Å². The summed E-state index contributed by atoms with van der Waals surface area (Å²) >= 11 is 0.334. The maximum Gasteiger partial charge on any atom is 0.306 e. The van der Waals surface area contributed by atoms with E-state index in [-0.39, 0.29) is 17.0 Å². The lowest BCUT2D eigenvalue weighted by molar-refractivity contribution is -0.147. The molecule has 0 saturated carbocycles. The average Bonchev–Trinajstić information content (AvgIpc) is 3.22. The molecule has 0 unspecified atom stereocenters. The first-order valence-corrected chi connectivity index (χ1v) is 9.97. The van der Waals surface area contributed by atoms with Crippen molar-refractivity contribution < 1.29 is 23.1 Å². The number of nitrogens with one attached hydrogen (secondary N) is 1. The number of carbonyl (C=O) groups excluding carboxylic acids is 2. The minimum Gasteiger partial charge on any atom is -0.456 e. The fourth-order valence-corrected chi connectivity index (χ4v) is 3.23. The number of aromatic nitrogens is 2. The van der Waals surface area contributed by atoms with Crippen LogP contribution in [0.5, 0.6) is 0 Å². The van der Waals surface area contributed by atoms with Gasteiger partial charge in [0.2, 0.25) is 0 Å². The van der Waals surface area contributed by atoms with E-state index in [1.807, 2.05) is 36.5 Å². The molecule has 9 heteroatoms. The van der Waals surface area contributed by atoms with Crippen molar-refractivity contribution in [2.24, 2.45) is 0 Å². The Bertz CT molecular complexity index is 996. The standard InChI is InChI=1S/C21H19F2N3O3S/c22-21(23)30-18-9-5-4-8-17(18)25-19(27)14-29-20(28)11-10-15-12-24-26(13-15)16-6-2-1-3-7-16/h1-9,12-13,21H,10-11,14H2,(H,25,27). The number of halogens is 2. The Hall–Kier alpha value is -3.20. The summed E-state index contributed by atoms with van der Waals surface area (Å²) in [7, 11) is 0. The van der Waals surface area contributed by atoms with Crippen LogP contribution in [-0.2, 0) is 20.7 Å². The molecule has 0 saturated heterocycles. The Kier molecular flexibility index (Phi) is 7.56. The Morgan fingerprint density at radius 3 is 2.60 bits per heavy atom. The molecule has 1 amide bonds. The summed E-state index contributed by atoms with van der Waals surface area (Å²) in [6.45, 7) is -0.490. The number of para-hydroxylation sites is 2. The van der Waals surface area contributed by atoms with Gasteiger partial charge in [-0.15, -0.1) is 0 Å². The zero-order valence-corrected chi connectivity index (χ0v) is 16.6. The molecule has 0 atom stereocenters. The number of rotatable bonds is 9. The van der Waals surface area contributed by atoms with E-state index in [1.165, 1.54) is 12.1 Å². The van der Waals surface area contributed by atoms with Crippen molar-refractivity contribution in [1.82, 2.24) is 9.78 Å². The van der Waals surface area contributed by atoms with E-state index in [4.69, 9.17) is 4.74 Å². The van der Waals surface area contributed by atoms with Crippen LogP contribution >= 0.6 is 11.8 Å². The van der Waals surface area contributed by atoms with Crippen molar-refractivity contribution in [2.45, 2.75) is 23.5 Å². The summed E-state index contributed by atoms with van der Waals surface area (Å²) < 4.78 is 31.9. The van der Waals surface area contributed by atoms with Crippen molar-refractivity contribution >= 4 is 29.3 Å².